The minimum absolute atomic E-state index is 0.115. The van der Waals surface area contributed by atoms with E-state index in [-0.39, 0.29) is 11.9 Å². The number of nitrogens with zero attached hydrogens (tertiary/aromatic N) is 2. The Morgan fingerprint density at radius 3 is 2.73 bits per heavy atom. The standard InChI is InChI=1S/C20H19N3O2S/c1-10-17-12(3)21-13(4)23-20(17)26-18(10)19(24)22-11(2)16-9-14-7-5-6-8-15(14)25-16/h5-9,11H,1-4H3,(H,22,24). The summed E-state index contributed by atoms with van der Waals surface area (Å²) in [5.41, 5.74) is 2.66. The van der Waals surface area contributed by atoms with Gasteiger partial charge in [-0.15, -0.1) is 11.3 Å². The lowest BCUT2D eigenvalue weighted by Gasteiger charge is -2.10. The molecule has 1 N–H and O–H groups in total. The molecule has 5 nitrogen and oxygen atoms in total. The van der Waals surface area contributed by atoms with Crippen LogP contribution in [0.2, 0.25) is 0 Å². The lowest BCUT2D eigenvalue weighted by atomic mass is 10.1. The average Bonchev–Trinajstić information content (AvgIpc) is 3.16. The van der Waals surface area contributed by atoms with E-state index in [2.05, 4.69) is 15.3 Å². The van der Waals surface area contributed by atoms with Crippen LogP contribution in [0.25, 0.3) is 21.2 Å². The van der Waals surface area contributed by atoms with Crippen molar-refractivity contribution >= 4 is 38.4 Å². The van der Waals surface area contributed by atoms with Crippen LogP contribution in [-0.2, 0) is 0 Å². The first-order valence-electron chi connectivity index (χ1n) is 8.47. The summed E-state index contributed by atoms with van der Waals surface area (Å²) in [6.07, 6.45) is 0. The summed E-state index contributed by atoms with van der Waals surface area (Å²) in [5.74, 6) is 1.35. The molecule has 0 bridgehead atoms. The summed E-state index contributed by atoms with van der Waals surface area (Å²) in [5, 5.41) is 5.04. The molecule has 6 heteroatoms. The Hall–Kier alpha value is -2.73. The van der Waals surface area contributed by atoms with Gasteiger partial charge in [0.05, 0.1) is 10.9 Å². The second-order valence-corrected chi connectivity index (χ2v) is 7.47. The van der Waals surface area contributed by atoms with Crippen LogP contribution in [0.5, 0.6) is 0 Å². The molecular formula is C20H19N3O2S. The molecule has 1 aromatic carbocycles. The maximum atomic E-state index is 12.8. The molecule has 1 unspecified atom stereocenters. The maximum absolute atomic E-state index is 12.8. The van der Waals surface area contributed by atoms with Gasteiger partial charge < -0.3 is 9.73 Å². The highest BCUT2D eigenvalue weighted by Gasteiger charge is 2.21. The first-order valence-corrected chi connectivity index (χ1v) is 9.29. The van der Waals surface area contributed by atoms with Crippen LogP contribution in [0.3, 0.4) is 0 Å². The SMILES string of the molecule is Cc1nc(C)c2c(C)c(C(=O)NC(C)c3cc4ccccc4o3)sc2n1. The smallest absolute Gasteiger partial charge is 0.262 e. The Kier molecular flexibility index (Phi) is 4.00. The molecule has 1 atom stereocenters. The molecule has 4 aromatic rings. The minimum atomic E-state index is -0.228. The summed E-state index contributed by atoms with van der Waals surface area (Å²) in [4.78, 5) is 23.3. The summed E-state index contributed by atoms with van der Waals surface area (Å²) in [6, 6.07) is 9.57. The van der Waals surface area contributed by atoms with Crippen molar-refractivity contribution < 1.29 is 9.21 Å². The number of benzene rings is 1. The van der Waals surface area contributed by atoms with Crippen molar-refractivity contribution in [3.63, 3.8) is 0 Å². The van der Waals surface area contributed by atoms with Gasteiger partial charge in [-0.1, -0.05) is 18.2 Å². The molecule has 0 fully saturated rings. The van der Waals surface area contributed by atoms with E-state index in [9.17, 15) is 4.79 Å². The number of carbonyl (C=O) groups is 1. The van der Waals surface area contributed by atoms with Crippen LogP contribution in [0.4, 0.5) is 0 Å². The highest BCUT2D eigenvalue weighted by molar-refractivity contribution is 7.20. The molecule has 0 aliphatic carbocycles. The van der Waals surface area contributed by atoms with Crippen LogP contribution in [-0.4, -0.2) is 15.9 Å². The Morgan fingerprint density at radius 1 is 1.19 bits per heavy atom. The summed E-state index contributed by atoms with van der Waals surface area (Å²) in [7, 11) is 0. The fraction of sp³-hybridized carbons (Fsp3) is 0.250. The third-order valence-corrected chi connectivity index (χ3v) is 5.69. The number of para-hydroxylation sites is 1. The van der Waals surface area contributed by atoms with E-state index in [1.807, 2.05) is 58.0 Å². The number of hydrogen-bond acceptors (Lipinski definition) is 5. The van der Waals surface area contributed by atoms with E-state index < -0.39 is 0 Å². The second kappa shape index (κ2) is 6.21. The van der Waals surface area contributed by atoms with Crippen LogP contribution < -0.4 is 5.32 Å². The first kappa shape index (κ1) is 16.7. The number of furan rings is 1. The topological polar surface area (TPSA) is 68.0 Å². The van der Waals surface area contributed by atoms with Crippen molar-refractivity contribution in [3.8, 4) is 0 Å². The van der Waals surface area contributed by atoms with Crippen molar-refractivity contribution in [2.45, 2.75) is 33.7 Å². The Bertz CT molecular complexity index is 1110. The van der Waals surface area contributed by atoms with Crippen molar-refractivity contribution in [2.24, 2.45) is 0 Å². The van der Waals surface area contributed by atoms with Gasteiger partial charge in [0, 0.05) is 16.5 Å². The van der Waals surface area contributed by atoms with Crippen molar-refractivity contribution in [1.82, 2.24) is 15.3 Å². The van der Waals surface area contributed by atoms with Gasteiger partial charge >= 0.3 is 0 Å². The van der Waals surface area contributed by atoms with Gasteiger partial charge in [-0.2, -0.15) is 0 Å². The molecule has 0 saturated carbocycles. The maximum Gasteiger partial charge on any atom is 0.262 e. The zero-order chi connectivity index (χ0) is 18.4. The summed E-state index contributed by atoms with van der Waals surface area (Å²) >= 11 is 1.41. The third-order valence-electron chi connectivity index (χ3n) is 4.51. The molecular weight excluding hydrogens is 346 g/mol. The molecule has 0 radical (unpaired) electrons. The van der Waals surface area contributed by atoms with E-state index >= 15 is 0 Å². The Labute approximate surface area is 155 Å². The lowest BCUT2D eigenvalue weighted by Crippen LogP contribution is -2.26. The quantitative estimate of drug-likeness (QED) is 0.563. The number of thiophene rings is 1. The van der Waals surface area contributed by atoms with Crippen molar-refractivity contribution in [2.75, 3.05) is 0 Å². The van der Waals surface area contributed by atoms with Gasteiger partial charge in [0.1, 0.15) is 22.0 Å². The van der Waals surface area contributed by atoms with Gasteiger partial charge in [0.15, 0.2) is 0 Å². The van der Waals surface area contributed by atoms with Gasteiger partial charge in [-0.25, -0.2) is 9.97 Å². The van der Waals surface area contributed by atoms with E-state index in [4.69, 9.17) is 4.42 Å². The highest BCUT2D eigenvalue weighted by Crippen LogP contribution is 2.32. The van der Waals surface area contributed by atoms with Gasteiger partial charge in [0.2, 0.25) is 0 Å². The van der Waals surface area contributed by atoms with Crippen LogP contribution in [0, 0.1) is 20.8 Å². The Morgan fingerprint density at radius 2 is 1.96 bits per heavy atom. The number of nitrogens with one attached hydrogen (secondary N) is 1. The molecule has 4 rings (SSSR count). The third kappa shape index (κ3) is 2.76. The van der Waals surface area contributed by atoms with E-state index in [0.717, 1.165) is 44.0 Å². The minimum Gasteiger partial charge on any atom is -0.459 e. The van der Waals surface area contributed by atoms with E-state index in [1.54, 1.807) is 0 Å². The fourth-order valence-electron chi connectivity index (χ4n) is 3.24. The Balaban J connectivity index is 1.64. The van der Waals surface area contributed by atoms with Crippen LogP contribution in [0.1, 0.15) is 45.5 Å². The molecule has 3 heterocycles. The molecule has 0 spiro atoms. The molecule has 26 heavy (non-hydrogen) atoms. The zero-order valence-electron chi connectivity index (χ0n) is 15.1. The van der Waals surface area contributed by atoms with Gasteiger partial charge in [-0.05, 0) is 45.4 Å². The van der Waals surface area contributed by atoms with Gasteiger partial charge in [0.25, 0.3) is 5.91 Å². The number of amides is 1. The molecule has 0 aliphatic rings. The molecule has 132 valence electrons. The van der Waals surface area contributed by atoms with Crippen molar-refractivity contribution in [3.05, 3.63) is 58.1 Å². The second-order valence-electron chi connectivity index (χ2n) is 6.47. The van der Waals surface area contributed by atoms with Crippen molar-refractivity contribution in [1.29, 1.82) is 0 Å². The molecule has 0 saturated heterocycles. The number of hydrogen-bond donors (Lipinski definition) is 1. The number of carbonyl (C=O) groups excluding carboxylic acids is 1. The predicted molar refractivity (Wildman–Crippen MR) is 104 cm³/mol. The molecule has 0 aliphatic heterocycles. The van der Waals surface area contributed by atoms with Crippen LogP contribution >= 0.6 is 11.3 Å². The number of aryl methyl sites for hydroxylation is 3. The predicted octanol–water partition coefficient (Wildman–Crippen LogP) is 4.85. The molecule has 3 aromatic heterocycles. The van der Waals surface area contributed by atoms with Gasteiger partial charge in [-0.3, -0.25) is 4.79 Å². The number of aromatic nitrogens is 2. The molecule has 1 amide bonds. The first-order chi connectivity index (χ1) is 12.4. The van der Waals surface area contributed by atoms with E-state index in [1.165, 1.54) is 11.3 Å². The summed E-state index contributed by atoms with van der Waals surface area (Å²) in [6.45, 7) is 7.69. The normalized spacial score (nSPS) is 12.6. The largest absolute Gasteiger partial charge is 0.459 e. The monoisotopic (exact) mass is 365 g/mol. The zero-order valence-corrected chi connectivity index (χ0v) is 15.9. The van der Waals surface area contributed by atoms with Crippen LogP contribution in [0.15, 0.2) is 34.7 Å². The van der Waals surface area contributed by atoms with E-state index in [0.29, 0.717) is 4.88 Å². The highest BCUT2D eigenvalue weighted by atomic mass is 32.1. The fourth-order valence-corrected chi connectivity index (χ4v) is 4.42. The number of rotatable bonds is 3. The lowest BCUT2D eigenvalue weighted by molar-refractivity contribution is 0.0939. The average molecular weight is 365 g/mol. The summed E-state index contributed by atoms with van der Waals surface area (Å²) < 4.78 is 5.86. The number of fused-ring (bicyclic) bond motifs is 2.